The molecule has 0 saturated heterocycles. The van der Waals surface area contributed by atoms with E-state index in [2.05, 4.69) is 103 Å². The van der Waals surface area contributed by atoms with Crippen LogP contribution in [0.1, 0.15) is 11.4 Å². The summed E-state index contributed by atoms with van der Waals surface area (Å²) in [6.07, 6.45) is 3.23. The minimum absolute atomic E-state index is 0.0321. The molecule has 220 valence electrons. The van der Waals surface area contributed by atoms with E-state index in [1.54, 1.807) is 29.1 Å². The number of thioether (sulfide) groups is 1. The summed E-state index contributed by atoms with van der Waals surface area (Å²) in [6.45, 7) is -0.106. The molecule has 1 aliphatic rings. The van der Waals surface area contributed by atoms with Gasteiger partial charge in [0.2, 0.25) is 4.27 Å². The first-order valence-corrected chi connectivity index (χ1v) is 16.7. The average molecular weight is 777 g/mol. The molecule has 0 aliphatic heterocycles. The van der Waals surface area contributed by atoms with Gasteiger partial charge < -0.3 is 9.84 Å². The van der Waals surface area contributed by atoms with Gasteiger partial charge in [0.1, 0.15) is 38.6 Å². The third kappa shape index (κ3) is 6.22. The fraction of sp³-hybridized carbons (Fsp3) is 0.318. The molecule has 1 fully saturated rings. The SMILES string of the molecule is OC(S)(S)C#Cc1ccc(OCc2nnc(SC3(S)C(S)(S)C(S)(S)C(S)(S)C3(S)S)n2-c2cccnc2)cc1F. The largest absolute Gasteiger partial charge is 0.485 e. The van der Waals surface area contributed by atoms with Crippen LogP contribution < -0.4 is 4.74 Å². The molecule has 0 unspecified atom stereocenters. The predicted octanol–water partition coefficient (Wildman–Crippen LogP) is 5.19. The van der Waals surface area contributed by atoms with E-state index in [1.165, 1.54) is 12.1 Å². The summed E-state index contributed by atoms with van der Waals surface area (Å²) in [7, 11) is 0. The zero-order valence-electron chi connectivity index (χ0n) is 20.1. The summed E-state index contributed by atoms with van der Waals surface area (Å²) in [4.78, 5) is 4.20. The predicted molar refractivity (Wildman–Crippen MR) is 200 cm³/mol. The molecule has 19 heteroatoms. The fourth-order valence-electron chi connectivity index (χ4n) is 3.67. The molecule has 3 aromatic rings. The number of hydrogen-bond donors (Lipinski definition) is 12. The van der Waals surface area contributed by atoms with Crippen LogP contribution in [0.3, 0.4) is 0 Å². The highest BCUT2D eigenvalue weighted by atomic mass is 32.2. The number of ether oxygens (including phenoxy) is 1. The summed E-state index contributed by atoms with van der Waals surface area (Å²) in [6, 6.07) is 7.63. The number of aliphatic hydroxyl groups is 1. The molecular formula is C22H21FN4O2S12. The van der Waals surface area contributed by atoms with Crippen molar-refractivity contribution < 1.29 is 14.2 Å². The molecule has 6 nitrogen and oxygen atoms in total. The van der Waals surface area contributed by atoms with Crippen molar-refractivity contribution in [3.05, 3.63) is 59.9 Å². The molecule has 0 spiro atoms. The van der Waals surface area contributed by atoms with Gasteiger partial charge in [-0.05, 0) is 30.2 Å². The van der Waals surface area contributed by atoms with Gasteiger partial charge in [-0.3, -0.25) is 9.55 Å². The third-order valence-corrected chi connectivity index (χ3v) is 17.2. The number of hydrogen-bond acceptors (Lipinski definition) is 17. The number of nitrogens with zero attached hydrogens (tertiary/aromatic N) is 4. The van der Waals surface area contributed by atoms with Gasteiger partial charge in [-0.1, -0.05) is 17.7 Å². The smallest absolute Gasteiger partial charge is 0.216 e. The normalized spacial score (nSPS) is 19.8. The van der Waals surface area contributed by atoms with Gasteiger partial charge >= 0.3 is 0 Å². The topological polar surface area (TPSA) is 73.1 Å². The number of benzene rings is 1. The molecule has 1 N–H and O–H groups in total. The lowest BCUT2D eigenvalue weighted by atomic mass is 10.2. The molecule has 1 saturated carbocycles. The van der Waals surface area contributed by atoms with Crippen LogP contribution >= 0.6 is 151 Å². The van der Waals surface area contributed by atoms with Crippen molar-refractivity contribution in [3.63, 3.8) is 0 Å². The second-order valence-corrected chi connectivity index (χ2v) is 19.3. The molecule has 0 radical (unpaired) electrons. The first-order chi connectivity index (χ1) is 18.8. The second kappa shape index (κ2) is 12.3. The average Bonchev–Trinajstić information content (AvgIpc) is 3.29. The maximum absolute atomic E-state index is 14.6. The standard InChI is InChI=1S/C22H21FN4O2S12/c23-14-8-13(4-3-11(14)5-6-17(28,30)31)29-10-15-25-26-16(27(15)12-2-1-7-24-9-12)41-22(40)20(36,37)18(32,33)19(34,35)21(22,38)39/h1-4,7-9,28,30-40H,10H2. The van der Waals surface area contributed by atoms with Crippen LogP contribution in [0.5, 0.6) is 5.75 Å². The van der Waals surface area contributed by atoms with Crippen LogP contribution in [0.25, 0.3) is 5.69 Å². The van der Waals surface area contributed by atoms with Crippen molar-refractivity contribution in [3.8, 4) is 23.3 Å². The van der Waals surface area contributed by atoms with Crippen LogP contribution in [0.2, 0.25) is 0 Å². The third-order valence-electron chi connectivity index (χ3n) is 5.92. The van der Waals surface area contributed by atoms with Crippen LogP contribution in [-0.4, -0.2) is 49.5 Å². The van der Waals surface area contributed by atoms with Crippen molar-refractivity contribution >= 4 is 151 Å². The molecule has 4 rings (SSSR count). The summed E-state index contributed by atoms with van der Waals surface area (Å²) in [5.41, 5.74) is 0.639. The first-order valence-electron chi connectivity index (χ1n) is 10.9. The highest BCUT2D eigenvalue weighted by molar-refractivity contribution is 8.21. The van der Waals surface area contributed by atoms with Gasteiger partial charge in [0, 0.05) is 12.3 Å². The minimum atomic E-state index is -1.86. The van der Waals surface area contributed by atoms with E-state index < -0.39 is 30.5 Å². The Morgan fingerprint density at radius 1 is 0.951 bits per heavy atom. The molecular weight excluding hydrogens is 756 g/mol. The lowest BCUT2D eigenvalue weighted by Crippen LogP contribution is -2.49. The van der Waals surface area contributed by atoms with E-state index in [0.717, 1.165) is 17.8 Å². The molecule has 41 heavy (non-hydrogen) atoms. The van der Waals surface area contributed by atoms with Gasteiger partial charge in [0.15, 0.2) is 11.0 Å². The van der Waals surface area contributed by atoms with Crippen molar-refractivity contribution in [1.82, 2.24) is 19.7 Å². The number of rotatable bonds is 6. The lowest BCUT2D eigenvalue weighted by Gasteiger charge is -2.43. The Morgan fingerprint density at radius 3 is 2.12 bits per heavy atom. The van der Waals surface area contributed by atoms with Crippen LogP contribution in [-0.2, 0) is 6.61 Å². The molecule has 2 heterocycles. The quantitative estimate of drug-likeness (QED) is 0.0963. The van der Waals surface area contributed by atoms with Gasteiger partial charge in [-0.2, -0.15) is 114 Å². The Bertz CT molecular complexity index is 1490. The van der Waals surface area contributed by atoms with Crippen LogP contribution in [0, 0.1) is 17.7 Å². The number of aromatic nitrogens is 4. The van der Waals surface area contributed by atoms with Gasteiger partial charge in [-0.25, -0.2) is 4.39 Å². The zero-order chi connectivity index (χ0) is 30.6. The highest BCUT2D eigenvalue weighted by Crippen LogP contribution is 2.78. The van der Waals surface area contributed by atoms with Crippen LogP contribution in [0.4, 0.5) is 4.39 Å². The van der Waals surface area contributed by atoms with Crippen molar-refractivity contribution in [2.45, 2.75) is 36.4 Å². The van der Waals surface area contributed by atoms with Crippen LogP contribution in [0.15, 0.2) is 47.9 Å². The van der Waals surface area contributed by atoms with E-state index in [9.17, 15) is 9.50 Å². The molecule has 1 aliphatic carbocycles. The van der Waals surface area contributed by atoms with Gasteiger partial charge in [-0.15, -0.1) is 35.5 Å². The Labute approximate surface area is 301 Å². The molecule has 0 bridgehead atoms. The summed E-state index contributed by atoms with van der Waals surface area (Å²) in [5.74, 6) is 4.69. The van der Waals surface area contributed by atoms with Gasteiger partial charge in [0.25, 0.3) is 0 Å². The molecule has 2 aromatic heterocycles. The summed E-state index contributed by atoms with van der Waals surface area (Å²) in [5, 5.41) is 18.5. The molecule has 1 aromatic carbocycles. The number of halogens is 1. The van der Waals surface area contributed by atoms with Crippen molar-refractivity contribution in [1.29, 1.82) is 0 Å². The second-order valence-electron chi connectivity index (χ2n) is 8.70. The zero-order valence-corrected chi connectivity index (χ0v) is 30.8. The van der Waals surface area contributed by atoms with Crippen molar-refractivity contribution in [2.75, 3.05) is 0 Å². The Kier molecular flexibility index (Phi) is 10.4. The lowest BCUT2D eigenvalue weighted by molar-refractivity contribution is 0.291. The highest BCUT2D eigenvalue weighted by Gasteiger charge is 2.81. The van der Waals surface area contributed by atoms with E-state index in [1.807, 2.05) is 0 Å². The molecule has 0 atom stereocenters. The Morgan fingerprint density at radius 2 is 1.59 bits per heavy atom. The minimum Gasteiger partial charge on any atom is -0.485 e. The van der Waals surface area contributed by atoms with Crippen molar-refractivity contribution in [2.24, 2.45) is 0 Å². The van der Waals surface area contributed by atoms with E-state index in [-0.39, 0.29) is 17.9 Å². The number of thiol groups is 11. The van der Waals surface area contributed by atoms with E-state index in [0.29, 0.717) is 16.7 Å². The van der Waals surface area contributed by atoms with E-state index >= 15 is 0 Å². The summed E-state index contributed by atoms with van der Waals surface area (Å²) < 4.78 is 13.4. The Hall–Kier alpha value is 0.960. The molecule has 0 amide bonds. The fourth-order valence-corrected chi connectivity index (χ4v) is 10.5. The van der Waals surface area contributed by atoms with Gasteiger partial charge in [0.05, 0.1) is 17.4 Å². The van der Waals surface area contributed by atoms with E-state index in [4.69, 9.17) is 67.9 Å². The maximum atomic E-state index is 14.6. The number of pyridine rings is 1. The summed E-state index contributed by atoms with van der Waals surface area (Å²) >= 11 is 51.5. The first kappa shape index (κ1) is 34.8. The Balaban J connectivity index is 1.70. The maximum Gasteiger partial charge on any atom is 0.216 e. The monoisotopic (exact) mass is 776 g/mol.